The Morgan fingerprint density at radius 3 is 2.72 bits per heavy atom. The summed E-state index contributed by atoms with van der Waals surface area (Å²) in [5, 5.41) is 22.9. The second kappa shape index (κ2) is 10.7. The molecule has 1 fully saturated rings. The molecule has 0 spiro atoms. The van der Waals surface area contributed by atoms with Crippen molar-refractivity contribution in [2.24, 2.45) is 5.10 Å². The first-order valence-corrected chi connectivity index (χ1v) is 12.0. The fourth-order valence-corrected chi connectivity index (χ4v) is 4.77. The van der Waals surface area contributed by atoms with Gasteiger partial charge in [-0.05, 0) is 73.8 Å². The SMILES string of the molecule is O=C(CSc1n[nH]c(-c2ccc(Cl)cc2)[n+]1C1CCCCC1)N/N=C/c1ccccc1O. The van der Waals surface area contributed by atoms with Crippen LogP contribution in [0.2, 0.25) is 5.02 Å². The normalized spacial score (nSPS) is 14.7. The van der Waals surface area contributed by atoms with E-state index in [1.165, 1.54) is 37.2 Å². The molecule has 9 heteroatoms. The molecule has 3 N–H and O–H groups in total. The van der Waals surface area contributed by atoms with E-state index in [9.17, 15) is 9.90 Å². The monoisotopic (exact) mass is 470 g/mol. The lowest BCUT2D eigenvalue weighted by Gasteiger charge is -2.21. The van der Waals surface area contributed by atoms with Crippen LogP contribution in [0.25, 0.3) is 11.4 Å². The molecule has 4 rings (SSSR count). The van der Waals surface area contributed by atoms with Gasteiger partial charge in [-0.25, -0.2) is 9.99 Å². The van der Waals surface area contributed by atoms with E-state index >= 15 is 0 Å². The van der Waals surface area contributed by atoms with Gasteiger partial charge in [-0.15, -0.1) is 5.10 Å². The Balaban J connectivity index is 1.46. The Bertz CT molecular complexity index is 1090. The van der Waals surface area contributed by atoms with Crippen LogP contribution < -0.4 is 9.99 Å². The second-order valence-electron chi connectivity index (χ2n) is 7.66. The van der Waals surface area contributed by atoms with Crippen molar-refractivity contribution in [2.45, 2.75) is 43.3 Å². The molecular weight excluding hydrogens is 446 g/mol. The summed E-state index contributed by atoms with van der Waals surface area (Å²) < 4.78 is 2.23. The zero-order chi connectivity index (χ0) is 22.3. The third kappa shape index (κ3) is 5.49. The van der Waals surface area contributed by atoms with Crippen LogP contribution in [0.4, 0.5) is 0 Å². The average molecular weight is 471 g/mol. The molecule has 7 nitrogen and oxygen atoms in total. The molecule has 1 heterocycles. The van der Waals surface area contributed by atoms with Gasteiger partial charge in [-0.3, -0.25) is 4.79 Å². The highest BCUT2D eigenvalue weighted by Gasteiger charge is 2.30. The van der Waals surface area contributed by atoms with Crippen molar-refractivity contribution in [3.63, 3.8) is 0 Å². The minimum atomic E-state index is -0.243. The van der Waals surface area contributed by atoms with E-state index < -0.39 is 0 Å². The number of hydrogen-bond donors (Lipinski definition) is 3. The molecule has 0 radical (unpaired) electrons. The van der Waals surface area contributed by atoms with Gasteiger partial charge in [-0.1, -0.05) is 30.2 Å². The average Bonchev–Trinajstić information content (AvgIpc) is 3.24. The first-order valence-electron chi connectivity index (χ1n) is 10.6. The Labute approximate surface area is 195 Å². The minimum absolute atomic E-state index is 0.111. The number of aromatic nitrogens is 3. The van der Waals surface area contributed by atoms with Gasteiger partial charge in [-0.2, -0.15) is 5.10 Å². The predicted molar refractivity (Wildman–Crippen MR) is 126 cm³/mol. The molecule has 1 aliphatic carbocycles. The van der Waals surface area contributed by atoms with Crippen LogP contribution in [-0.4, -0.2) is 33.2 Å². The molecule has 32 heavy (non-hydrogen) atoms. The molecule has 0 aliphatic heterocycles. The minimum Gasteiger partial charge on any atom is -0.507 e. The largest absolute Gasteiger partial charge is 0.507 e. The summed E-state index contributed by atoms with van der Waals surface area (Å²) in [5.74, 6) is 0.969. The molecule has 1 amide bonds. The highest BCUT2D eigenvalue weighted by molar-refractivity contribution is 7.99. The van der Waals surface area contributed by atoms with Crippen LogP contribution in [0.3, 0.4) is 0 Å². The standard InChI is InChI=1S/C23H24ClN5O2S/c24-18-12-10-16(11-13-18)22-27-28-23(29(22)19-7-2-1-3-8-19)32-15-21(31)26-25-14-17-6-4-5-9-20(17)30/h4-6,9-14,19H,1-3,7-8,15H2,(H2,25,26,30,31)/p+1. The number of phenolic OH excluding ortho intramolecular Hbond substituents is 1. The lowest BCUT2D eigenvalue weighted by atomic mass is 9.95. The Morgan fingerprint density at radius 1 is 1.22 bits per heavy atom. The van der Waals surface area contributed by atoms with Crippen molar-refractivity contribution in [1.82, 2.24) is 15.6 Å². The molecule has 0 bridgehead atoms. The van der Waals surface area contributed by atoms with Crippen LogP contribution in [0.5, 0.6) is 5.75 Å². The van der Waals surface area contributed by atoms with E-state index in [1.54, 1.807) is 24.3 Å². The van der Waals surface area contributed by atoms with Gasteiger partial charge in [0.25, 0.3) is 11.7 Å². The molecule has 1 aromatic heterocycles. The van der Waals surface area contributed by atoms with Crippen molar-refractivity contribution in [1.29, 1.82) is 0 Å². The summed E-state index contributed by atoms with van der Waals surface area (Å²) in [6.07, 6.45) is 7.24. The van der Waals surface area contributed by atoms with Crippen molar-refractivity contribution in [2.75, 3.05) is 5.75 Å². The summed E-state index contributed by atoms with van der Waals surface area (Å²) in [6.45, 7) is 0. The fraction of sp³-hybridized carbons (Fsp3) is 0.304. The molecule has 0 unspecified atom stereocenters. The molecular formula is C23H25ClN5O2S+. The number of halogens is 1. The molecule has 1 saturated carbocycles. The van der Waals surface area contributed by atoms with Gasteiger partial charge >= 0.3 is 5.16 Å². The third-order valence-corrected chi connectivity index (χ3v) is 6.63. The highest BCUT2D eigenvalue weighted by Crippen LogP contribution is 2.29. The van der Waals surface area contributed by atoms with Crippen LogP contribution in [0.15, 0.2) is 58.8 Å². The van der Waals surface area contributed by atoms with Gasteiger partial charge in [0.05, 0.1) is 28.7 Å². The van der Waals surface area contributed by atoms with Crippen LogP contribution in [-0.2, 0) is 4.79 Å². The van der Waals surface area contributed by atoms with Crippen molar-refractivity contribution >= 4 is 35.5 Å². The number of H-pyrrole nitrogens is 1. The number of benzene rings is 2. The Hall–Kier alpha value is -2.84. The number of aromatic hydroxyl groups is 1. The number of para-hydroxylation sites is 1. The smallest absolute Gasteiger partial charge is 0.337 e. The molecule has 0 atom stereocenters. The number of thioether (sulfide) groups is 1. The summed E-state index contributed by atoms with van der Waals surface area (Å²) >= 11 is 7.44. The van der Waals surface area contributed by atoms with Crippen molar-refractivity contribution in [3.8, 4) is 17.1 Å². The van der Waals surface area contributed by atoms with Crippen molar-refractivity contribution in [3.05, 3.63) is 59.1 Å². The summed E-state index contributed by atoms with van der Waals surface area (Å²) in [4.78, 5) is 12.3. The summed E-state index contributed by atoms with van der Waals surface area (Å²) in [7, 11) is 0. The van der Waals surface area contributed by atoms with E-state index in [-0.39, 0.29) is 17.4 Å². The number of nitrogens with one attached hydrogen (secondary N) is 2. The number of aromatic amines is 1. The molecule has 3 aromatic rings. The number of amides is 1. The van der Waals surface area contributed by atoms with Gasteiger partial charge in [0, 0.05) is 10.6 Å². The Morgan fingerprint density at radius 2 is 1.97 bits per heavy atom. The lowest BCUT2D eigenvalue weighted by Crippen LogP contribution is -2.43. The molecule has 2 aromatic carbocycles. The zero-order valence-electron chi connectivity index (χ0n) is 17.5. The summed E-state index contributed by atoms with van der Waals surface area (Å²) in [5.41, 5.74) is 4.06. The number of carbonyl (C=O) groups is 1. The van der Waals surface area contributed by atoms with Gasteiger partial charge in [0.2, 0.25) is 0 Å². The molecule has 1 aliphatic rings. The van der Waals surface area contributed by atoms with Gasteiger partial charge < -0.3 is 5.11 Å². The number of phenols is 1. The van der Waals surface area contributed by atoms with Crippen LogP contribution in [0.1, 0.15) is 43.7 Å². The van der Waals surface area contributed by atoms with Gasteiger partial charge in [0.1, 0.15) is 5.75 Å². The molecule has 0 saturated heterocycles. The first kappa shape index (κ1) is 22.4. The number of hydrogen-bond acceptors (Lipinski definition) is 5. The third-order valence-electron chi connectivity index (χ3n) is 5.42. The van der Waals surface area contributed by atoms with E-state index in [4.69, 9.17) is 11.6 Å². The maximum absolute atomic E-state index is 12.3. The number of rotatable bonds is 7. The number of hydrazone groups is 1. The highest BCUT2D eigenvalue weighted by atomic mass is 35.5. The van der Waals surface area contributed by atoms with E-state index in [0.29, 0.717) is 16.6 Å². The Kier molecular flexibility index (Phi) is 7.44. The summed E-state index contributed by atoms with van der Waals surface area (Å²) in [6, 6.07) is 14.8. The first-order chi connectivity index (χ1) is 15.6. The van der Waals surface area contributed by atoms with Crippen LogP contribution in [0, 0.1) is 0 Å². The zero-order valence-corrected chi connectivity index (χ0v) is 19.1. The van der Waals surface area contributed by atoms with E-state index in [1.807, 2.05) is 24.3 Å². The quantitative estimate of drug-likeness (QED) is 0.205. The number of carbonyl (C=O) groups excluding carboxylic acids is 1. The van der Waals surface area contributed by atoms with Crippen LogP contribution >= 0.6 is 23.4 Å². The lowest BCUT2D eigenvalue weighted by molar-refractivity contribution is -0.749. The topological polar surface area (TPSA) is 94.3 Å². The maximum atomic E-state index is 12.3. The number of nitrogens with zero attached hydrogens (tertiary/aromatic N) is 3. The fourth-order valence-electron chi connectivity index (χ4n) is 3.83. The molecule has 166 valence electrons. The second-order valence-corrected chi connectivity index (χ2v) is 9.04. The van der Waals surface area contributed by atoms with Crippen molar-refractivity contribution < 1.29 is 14.5 Å². The van der Waals surface area contributed by atoms with E-state index in [2.05, 4.69) is 25.3 Å². The predicted octanol–water partition coefficient (Wildman–Crippen LogP) is 4.47. The van der Waals surface area contributed by atoms with E-state index in [0.717, 1.165) is 29.4 Å². The van der Waals surface area contributed by atoms with Gasteiger partial charge in [0.15, 0.2) is 0 Å². The maximum Gasteiger partial charge on any atom is 0.337 e.